The molecule has 0 aromatic heterocycles. The molecule has 0 rings (SSSR count). The van der Waals surface area contributed by atoms with Crippen molar-refractivity contribution < 1.29 is 32.9 Å². The van der Waals surface area contributed by atoms with E-state index in [-0.39, 0.29) is 0 Å². The Bertz CT molecular complexity index is 255. The molecule has 78 valence electrons. The molecule has 0 saturated carbocycles. The number of hydrogen-bond acceptors (Lipinski definition) is 5. The Morgan fingerprint density at radius 2 is 1.38 bits per heavy atom. The molecule has 10 heteroatoms. The van der Waals surface area contributed by atoms with Crippen molar-refractivity contribution in [2.45, 2.75) is 0 Å². The van der Waals surface area contributed by atoms with Gasteiger partial charge in [0.05, 0.1) is 0 Å². The smallest absolute Gasteiger partial charge is 0.314 e. The molecule has 0 aromatic carbocycles. The summed E-state index contributed by atoms with van der Waals surface area (Å²) in [6.45, 7) is 0. The van der Waals surface area contributed by atoms with Gasteiger partial charge in [-0.15, -0.1) is 0 Å². The molecule has 0 aliphatic heterocycles. The summed E-state index contributed by atoms with van der Waals surface area (Å²) in [7, 11) is -5.79. The van der Waals surface area contributed by atoms with E-state index in [4.69, 9.17) is 19.9 Å². The molecular formula is C3H9NO7P2. The third kappa shape index (κ3) is 14.6. The van der Waals surface area contributed by atoms with Crippen molar-refractivity contribution >= 4 is 15.4 Å². The van der Waals surface area contributed by atoms with E-state index in [2.05, 4.69) is 9.05 Å². The van der Waals surface area contributed by atoms with E-state index in [1.807, 2.05) is 0 Å². The van der Waals surface area contributed by atoms with E-state index >= 15 is 0 Å². The summed E-state index contributed by atoms with van der Waals surface area (Å²) >= 11 is 0. The van der Waals surface area contributed by atoms with Crippen molar-refractivity contribution in [3.8, 4) is 5.81 Å². The molecule has 0 spiro atoms. The van der Waals surface area contributed by atoms with E-state index in [0.717, 1.165) is 20.0 Å². The minimum atomic E-state index is -4.34. The molecule has 0 atom stereocenters. The predicted molar refractivity (Wildman–Crippen MR) is 41.5 cm³/mol. The first-order chi connectivity index (χ1) is 5.68. The summed E-state index contributed by atoms with van der Waals surface area (Å²) in [6, 6.07) is 0. The molecule has 0 aliphatic rings. The second-order valence-electron chi connectivity index (χ2n) is 1.48. The lowest BCUT2D eigenvalue weighted by molar-refractivity contribution is 0.204. The fraction of sp³-hybridized carbons (Fsp3) is 0.667. The van der Waals surface area contributed by atoms with Crippen LogP contribution in [0.4, 0.5) is 0 Å². The Morgan fingerprint density at radius 1 is 1.15 bits per heavy atom. The van der Waals surface area contributed by atoms with Gasteiger partial charge in [-0.1, -0.05) is 0 Å². The Hall–Kier alpha value is -0.250. The predicted octanol–water partition coefficient (Wildman–Crippen LogP) is 0.0248. The fourth-order valence-electron chi connectivity index (χ4n) is 0.0745. The number of rotatable bonds is 2. The third-order valence-electron chi connectivity index (χ3n) is 0.592. The number of hydrogen-bond donors (Lipinski definition) is 3. The van der Waals surface area contributed by atoms with Crippen LogP contribution in [0.25, 0.3) is 0 Å². The van der Waals surface area contributed by atoms with Crippen LogP contribution in [-0.2, 0) is 18.2 Å². The van der Waals surface area contributed by atoms with Crippen LogP contribution in [-0.4, -0.2) is 28.9 Å². The lowest BCUT2D eigenvalue weighted by Gasteiger charge is -2.01. The van der Waals surface area contributed by atoms with Gasteiger partial charge in [0.25, 0.3) is 0 Å². The summed E-state index contributed by atoms with van der Waals surface area (Å²) in [5, 5.41) is 7.39. The van der Waals surface area contributed by atoms with Crippen LogP contribution in [0.5, 0.6) is 0 Å². The van der Waals surface area contributed by atoms with Crippen LogP contribution in [0.15, 0.2) is 0 Å². The van der Waals surface area contributed by atoms with Gasteiger partial charge in [-0.2, -0.15) is 5.26 Å². The maximum atomic E-state index is 10.1. The standard InChI is InChI=1S/C2H7O4P.CH2NO3P/c1-5-7(3,4)6-2;2-1-6(3,4)5/h1-2H3,(H,3,4);(H2,3,4,5). The van der Waals surface area contributed by atoms with Crippen molar-refractivity contribution in [1.29, 1.82) is 5.26 Å². The van der Waals surface area contributed by atoms with Crippen LogP contribution in [0.2, 0.25) is 0 Å². The Balaban J connectivity index is 0. The zero-order chi connectivity index (χ0) is 11.1. The topological polar surface area (TPSA) is 137 Å². The third-order valence-corrected chi connectivity index (χ3v) is 1.78. The highest BCUT2D eigenvalue weighted by Gasteiger charge is 2.13. The van der Waals surface area contributed by atoms with Crippen molar-refractivity contribution in [2.75, 3.05) is 14.2 Å². The van der Waals surface area contributed by atoms with Crippen molar-refractivity contribution in [1.82, 2.24) is 0 Å². The monoisotopic (exact) mass is 233 g/mol. The van der Waals surface area contributed by atoms with Crippen LogP contribution < -0.4 is 0 Å². The maximum absolute atomic E-state index is 10.1. The molecule has 0 aliphatic carbocycles. The van der Waals surface area contributed by atoms with Crippen LogP contribution in [0.1, 0.15) is 0 Å². The Labute approximate surface area is 74.5 Å². The quantitative estimate of drug-likeness (QED) is 0.567. The minimum absolute atomic E-state index is 0.771. The molecule has 0 radical (unpaired) electrons. The average Bonchev–Trinajstić information content (AvgIpc) is 2.04. The minimum Gasteiger partial charge on any atom is -0.314 e. The van der Waals surface area contributed by atoms with E-state index in [9.17, 15) is 9.13 Å². The molecular weight excluding hydrogens is 224 g/mol. The fourth-order valence-corrected chi connectivity index (χ4v) is 0.224. The van der Waals surface area contributed by atoms with Crippen LogP contribution in [0, 0.1) is 11.1 Å². The van der Waals surface area contributed by atoms with Gasteiger partial charge in [-0.25, -0.2) is 9.13 Å². The summed E-state index contributed by atoms with van der Waals surface area (Å²) < 4.78 is 27.3. The van der Waals surface area contributed by atoms with Gasteiger partial charge in [0.2, 0.25) is 0 Å². The highest BCUT2D eigenvalue weighted by molar-refractivity contribution is 7.57. The molecule has 0 amide bonds. The number of nitrogens with zero attached hydrogens (tertiary/aromatic N) is 1. The van der Waals surface area contributed by atoms with Gasteiger partial charge in [0, 0.05) is 14.2 Å². The molecule has 8 nitrogen and oxygen atoms in total. The van der Waals surface area contributed by atoms with Crippen molar-refractivity contribution in [2.24, 2.45) is 0 Å². The molecule has 0 saturated heterocycles. The van der Waals surface area contributed by atoms with Crippen molar-refractivity contribution in [3.05, 3.63) is 0 Å². The zero-order valence-electron chi connectivity index (χ0n) is 6.82. The second kappa shape index (κ2) is 6.24. The van der Waals surface area contributed by atoms with E-state index in [1.165, 1.54) is 0 Å². The second-order valence-corrected chi connectivity index (χ2v) is 4.43. The highest BCUT2D eigenvalue weighted by atomic mass is 31.2. The van der Waals surface area contributed by atoms with Gasteiger partial charge in [-0.3, -0.25) is 9.05 Å². The van der Waals surface area contributed by atoms with E-state index in [0.29, 0.717) is 0 Å². The van der Waals surface area contributed by atoms with Gasteiger partial charge >= 0.3 is 15.4 Å². The molecule has 0 fully saturated rings. The zero-order valence-corrected chi connectivity index (χ0v) is 8.61. The van der Waals surface area contributed by atoms with Gasteiger partial charge in [0.1, 0.15) is 0 Å². The Morgan fingerprint density at radius 3 is 1.38 bits per heavy atom. The molecule has 0 heterocycles. The molecule has 0 bridgehead atoms. The lowest BCUT2D eigenvalue weighted by atomic mass is 11.8. The Kier molecular flexibility index (Phi) is 7.31. The molecule has 13 heavy (non-hydrogen) atoms. The number of phosphoric acid groups is 1. The summed E-state index contributed by atoms with van der Waals surface area (Å²) in [6.07, 6.45) is 0. The van der Waals surface area contributed by atoms with Gasteiger partial charge in [-0.05, 0) is 0 Å². The summed E-state index contributed by atoms with van der Waals surface area (Å²) in [5.74, 6) is 0.771. The normalized spacial score (nSPS) is 11.1. The SMILES string of the molecule is COP(=O)(O)OC.N#CP(=O)(O)O. The lowest BCUT2D eigenvalue weighted by Crippen LogP contribution is -1.83. The number of phosphoric ester groups is 1. The summed E-state index contributed by atoms with van der Waals surface area (Å²) in [5.41, 5.74) is 0. The van der Waals surface area contributed by atoms with Gasteiger partial charge < -0.3 is 14.7 Å². The summed E-state index contributed by atoms with van der Waals surface area (Å²) in [4.78, 5) is 23.4. The molecule has 3 N–H and O–H groups in total. The van der Waals surface area contributed by atoms with Gasteiger partial charge in [0.15, 0.2) is 5.81 Å². The molecule has 0 unspecified atom stereocenters. The highest BCUT2D eigenvalue weighted by Crippen LogP contribution is 2.40. The molecule has 0 aromatic rings. The largest absolute Gasteiger partial charge is 0.471 e. The van der Waals surface area contributed by atoms with Crippen molar-refractivity contribution in [3.63, 3.8) is 0 Å². The number of nitriles is 1. The van der Waals surface area contributed by atoms with Crippen LogP contribution in [0.3, 0.4) is 0 Å². The first-order valence-corrected chi connectivity index (χ1v) is 5.70. The van der Waals surface area contributed by atoms with E-state index in [1.54, 1.807) is 0 Å². The first-order valence-electron chi connectivity index (χ1n) is 2.59. The van der Waals surface area contributed by atoms with Crippen LogP contribution >= 0.6 is 15.4 Å². The first kappa shape index (κ1) is 15.2. The maximum Gasteiger partial charge on any atom is 0.471 e. The average molecular weight is 233 g/mol. The van der Waals surface area contributed by atoms with E-state index < -0.39 is 15.4 Å².